The molecule has 3 aromatic rings. The normalized spacial score (nSPS) is 18.0. The molecule has 2 aromatic carbocycles. The molecule has 1 fully saturated rings. The van der Waals surface area contributed by atoms with Gasteiger partial charge in [0.15, 0.2) is 11.9 Å². The van der Waals surface area contributed by atoms with Gasteiger partial charge in [-0.05, 0) is 37.3 Å². The smallest absolute Gasteiger partial charge is 0.464 e. The van der Waals surface area contributed by atoms with E-state index in [2.05, 4.69) is 14.8 Å². The summed E-state index contributed by atoms with van der Waals surface area (Å²) in [5.41, 5.74) is -1.76. The van der Waals surface area contributed by atoms with Crippen LogP contribution in [-0.4, -0.2) is 94.5 Å². The van der Waals surface area contributed by atoms with Crippen LogP contribution in [0.15, 0.2) is 67.3 Å². The van der Waals surface area contributed by atoms with Crippen LogP contribution in [0.3, 0.4) is 0 Å². The Morgan fingerprint density at radius 3 is 2.46 bits per heavy atom. The maximum absolute atomic E-state index is 15.7. The summed E-state index contributed by atoms with van der Waals surface area (Å²) in [7, 11) is -4.36. The zero-order valence-corrected chi connectivity index (χ0v) is 32.0. The lowest BCUT2D eigenvalue weighted by Crippen LogP contribution is -2.47. The number of ether oxygens (including phenoxy) is 6. The van der Waals surface area contributed by atoms with Crippen molar-refractivity contribution in [1.29, 1.82) is 5.26 Å². The fourth-order valence-corrected chi connectivity index (χ4v) is 6.89. The highest BCUT2D eigenvalue weighted by Gasteiger charge is 2.47. The average Bonchev–Trinajstić information content (AvgIpc) is 3.65. The van der Waals surface area contributed by atoms with Gasteiger partial charge < -0.3 is 28.4 Å². The summed E-state index contributed by atoms with van der Waals surface area (Å²) in [5, 5.41) is 11.7. The predicted molar refractivity (Wildman–Crippen MR) is 194 cm³/mol. The molecule has 2 heterocycles. The minimum Gasteiger partial charge on any atom is -0.464 e. The van der Waals surface area contributed by atoms with E-state index in [0.717, 1.165) is 18.2 Å². The van der Waals surface area contributed by atoms with Crippen LogP contribution in [0.5, 0.6) is 0 Å². The van der Waals surface area contributed by atoms with Gasteiger partial charge in [-0.15, -0.1) is 11.8 Å². The van der Waals surface area contributed by atoms with Gasteiger partial charge in [0.05, 0.1) is 49.5 Å². The molecule has 0 radical (unpaired) electrons. The van der Waals surface area contributed by atoms with Gasteiger partial charge in [-0.25, -0.2) is 27.6 Å². The monoisotopic (exact) mass is 838 g/mol. The van der Waals surface area contributed by atoms with E-state index < -0.39 is 99.5 Å². The molecule has 1 aromatic heterocycles. The number of hydrogen-bond donors (Lipinski definition) is 1. The molecule has 1 N–H and O–H groups in total. The zero-order chi connectivity index (χ0) is 41.6. The van der Waals surface area contributed by atoms with Gasteiger partial charge in [-0.2, -0.15) is 18.8 Å². The molecule has 16 nitrogen and oxygen atoms in total. The molecule has 0 spiro atoms. The van der Waals surface area contributed by atoms with Crippen molar-refractivity contribution < 1.29 is 68.9 Å². The van der Waals surface area contributed by atoms with Crippen molar-refractivity contribution in [2.75, 3.05) is 25.6 Å². The molecule has 0 amide bonds. The van der Waals surface area contributed by atoms with Crippen molar-refractivity contribution in [3.05, 3.63) is 101 Å². The zero-order valence-electron chi connectivity index (χ0n) is 30.4. The number of hydrogen-bond acceptors (Lipinski definition) is 15. The van der Waals surface area contributed by atoms with Gasteiger partial charge in [-0.3, -0.25) is 14.1 Å². The van der Waals surface area contributed by atoms with Crippen LogP contribution in [0, 0.1) is 28.8 Å². The molecule has 1 saturated heterocycles. The Bertz CT molecular complexity index is 2070. The second-order valence-corrected chi connectivity index (χ2v) is 15.4. The third-order valence-corrected chi connectivity index (χ3v) is 10.1. The number of halogens is 3. The van der Waals surface area contributed by atoms with E-state index in [9.17, 15) is 31.6 Å². The van der Waals surface area contributed by atoms with Crippen molar-refractivity contribution in [3.63, 3.8) is 0 Å². The number of esters is 2. The average molecular weight is 839 g/mol. The van der Waals surface area contributed by atoms with Crippen LogP contribution in [-0.2, 0) is 60.3 Å². The van der Waals surface area contributed by atoms with Crippen molar-refractivity contribution in [2.24, 2.45) is 0 Å². The van der Waals surface area contributed by atoms with E-state index in [1.165, 1.54) is 54.2 Å². The van der Waals surface area contributed by atoms with E-state index in [1.54, 1.807) is 25.2 Å². The molecule has 306 valence electrons. The van der Waals surface area contributed by atoms with Crippen molar-refractivity contribution in [2.45, 2.75) is 61.9 Å². The SMILES string of the molecule is CC(OC(=O)CCC(=O)OCCS(=O)(=O)O)OC(=O)OC(Cn1cncn1)(c1ccc(F)cc1F)C(C)SC1COC(C=CC=Cc2ccc(C#N)cc2F)OC1. The number of carbonyl (C=O) groups is 3. The van der Waals surface area contributed by atoms with Gasteiger partial charge in [0.1, 0.15) is 42.5 Å². The van der Waals surface area contributed by atoms with E-state index in [1.807, 2.05) is 6.07 Å². The summed E-state index contributed by atoms with van der Waals surface area (Å²) in [5.74, 6) is -5.32. The Morgan fingerprint density at radius 2 is 1.81 bits per heavy atom. The first-order valence-electron chi connectivity index (χ1n) is 17.0. The molecule has 1 aliphatic heterocycles. The number of nitrogens with zero attached hydrogens (tertiary/aromatic N) is 4. The van der Waals surface area contributed by atoms with Crippen molar-refractivity contribution in [3.8, 4) is 6.07 Å². The van der Waals surface area contributed by atoms with Gasteiger partial charge in [0.2, 0.25) is 6.29 Å². The number of carbonyl (C=O) groups excluding carboxylic acids is 3. The summed E-state index contributed by atoms with van der Waals surface area (Å²) >= 11 is 1.19. The van der Waals surface area contributed by atoms with Gasteiger partial charge in [-0.1, -0.05) is 24.3 Å². The molecule has 57 heavy (non-hydrogen) atoms. The standard InChI is InChI=1S/C36H37F3N4O12S2/c1-23(56-28-18-51-34(52-19-28)6-4-3-5-26-8-7-25(17-40)15-30(26)38)36(20-43-22-41-21-42-43,29-10-9-27(37)16-31(29)39)55-35(46)54-24(2)53-33(45)12-11-32(44)50-13-14-57(47,48)49/h3-10,15-16,21-24,28,34H,11-14,18-20H2,1-2H3,(H,47,48,49). The molecule has 21 heteroatoms. The quantitative estimate of drug-likeness (QED) is 0.0596. The molecular formula is C36H37F3N4O12S2. The van der Waals surface area contributed by atoms with E-state index in [0.29, 0.717) is 6.07 Å². The highest BCUT2D eigenvalue weighted by Crippen LogP contribution is 2.42. The van der Waals surface area contributed by atoms with Crippen molar-refractivity contribution in [1.82, 2.24) is 14.8 Å². The maximum atomic E-state index is 15.7. The maximum Gasteiger partial charge on any atom is 0.512 e. The third kappa shape index (κ3) is 14.0. The fourth-order valence-electron chi connectivity index (χ4n) is 5.24. The first kappa shape index (κ1) is 44.4. The van der Waals surface area contributed by atoms with Crippen molar-refractivity contribution >= 4 is 46.1 Å². The minimum absolute atomic E-state index is 0.120. The Morgan fingerprint density at radius 1 is 1.07 bits per heavy atom. The predicted octanol–water partition coefficient (Wildman–Crippen LogP) is 4.85. The molecular weight excluding hydrogens is 802 g/mol. The Kier molecular flexibility index (Phi) is 16.2. The van der Waals surface area contributed by atoms with Crippen LogP contribution in [0.1, 0.15) is 43.4 Å². The third-order valence-electron chi connectivity index (χ3n) is 7.94. The number of rotatable bonds is 18. The summed E-state index contributed by atoms with van der Waals surface area (Å²) in [6, 6.07) is 8.66. The molecule has 0 aliphatic carbocycles. The summed E-state index contributed by atoms with van der Waals surface area (Å²) in [4.78, 5) is 41.4. The molecule has 1 aliphatic rings. The second kappa shape index (κ2) is 20.8. The molecule has 4 rings (SSSR count). The van der Waals surface area contributed by atoms with Gasteiger partial charge in [0, 0.05) is 29.4 Å². The number of allylic oxidation sites excluding steroid dienone is 2. The minimum atomic E-state index is -4.36. The number of benzene rings is 2. The van der Waals surface area contributed by atoms with Crippen LogP contribution in [0.25, 0.3) is 6.08 Å². The van der Waals surface area contributed by atoms with E-state index in [-0.39, 0.29) is 36.4 Å². The van der Waals surface area contributed by atoms with E-state index in [4.69, 9.17) is 33.5 Å². The van der Waals surface area contributed by atoms with Gasteiger partial charge in [0.25, 0.3) is 10.1 Å². The lowest BCUT2D eigenvalue weighted by molar-refractivity contribution is -0.173. The lowest BCUT2D eigenvalue weighted by atomic mass is 9.89. The summed E-state index contributed by atoms with van der Waals surface area (Å²) in [6.45, 7) is 2.04. The van der Waals surface area contributed by atoms with Gasteiger partial charge >= 0.3 is 18.1 Å². The van der Waals surface area contributed by atoms with Crippen LogP contribution in [0.2, 0.25) is 0 Å². The Balaban J connectivity index is 1.43. The highest BCUT2D eigenvalue weighted by molar-refractivity contribution is 8.00. The fraction of sp³-hybridized carbons (Fsp3) is 0.389. The second-order valence-electron chi connectivity index (χ2n) is 12.2. The molecule has 3 atom stereocenters. The number of aromatic nitrogens is 3. The summed E-state index contributed by atoms with van der Waals surface area (Å²) < 4.78 is 108. The van der Waals surface area contributed by atoms with E-state index >= 15 is 4.39 Å². The molecule has 0 saturated carbocycles. The largest absolute Gasteiger partial charge is 0.512 e. The van der Waals surface area contributed by atoms with Crippen LogP contribution in [0.4, 0.5) is 18.0 Å². The molecule has 3 unspecified atom stereocenters. The van der Waals surface area contributed by atoms with Crippen LogP contribution < -0.4 is 0 Å². The number of nitriles is 1. The molecule has 0 bridgehead atoms. The topological polar surface area (TPSA) is 215 Å². The Hall–Kier alpha value is -5.27. The van der Waals surface area contributed by atoms with Crippen LogP contribution >= 0.6 is 11.8 Å². The summed E-state index contributed by atoms with van der Waals surface area (Å²) in [6.07, 6.45) is 3.91. The lowest BCUT2D eigenvalue weighted by Gasteiger charge is -2.40. The Labute approximate surface area is 329 Å². The highest BCUT2D eigenvalue weighted by atomic mass is 32.2. The first-order chi connectivity index (χ1) is 27.1. The first-order valence-corrected chi connectivity index (χ1v) is 19.5. The number of thioether (sulfide) groups is 1.